The molecule has 1 aromatic heterocycles. The summed E-state index contributed by atoms with van der Waals surface area (Å²) in [5.74, 6) is 1.47. The summed E-state index contributed by atoms with van der Waals surface area (Å²) >= 11 is 5.40. The molecule has 0 atom stereocenters. The highest BCUT2D eigenvalue weighted by atomic mass is 32.1. The van der Waals surface area contributed by atoms with Crippen LogP contribution in [0.2, 0.25) is 0 Å². The largest absolute Gasteiger partial charge is 0.494 e. The van der Waals surface area contributed by atoms with Gasteiger partial charge in [-0.3, -0.25) is 10.1 Å². The Kier molecular flexibility index (Phi) is 7.73. The summed E-state index contributed by atoms with van der Waals surface area (Å²) < 4.78 is 21.4. The van der Waals surface area contributed by atoms with Crippen LogP contribution >= 0.6 is 12.2 Å². The molecule has 4 aromatic rings. The fourth-order valence-electron chi connectivity index (χ4n) is 3.70. The molecule has 0 radical (unpaired) electrons. The lowest BCUT2D eigenvalue weighted by molar-refractivity contribution is 0.0977. The van der Waals surface area contributed by atoms with Gasteiger partial charge in [-0.2, -0.15) is 4.80 Å². The summed E-state index contributed by atoms with van der Waals surface area (Å²) in [5, 5.41) is 15.0. The molecule has 192 valence electrons. The van der Waals surface area contributed by atoms with Crippen molar-refractivity contribution in [3.63, 3.8) is 0 Å². The second-order valence-electron chi connectivity index (χ2n) is 7.89. The predicted molar refractivity (Wildman–Crippen MR) is 145 cm³/mol. The Morgan fingerprint density at radius 3 is 2.14 bits per heavy atom. The number of fused-ring (bicyclic) bond motifs is 1. The van der Waals surface area contributed by atoms with Crippen molar-refractivity contribution in [1.29, 1.82) is 0 Å². The van der Waals surface area contributed by atoms with Crippen LogP contribution in [0.5, 0.6) is 23.0 Å². The van der Waals surface area contributed by atoms with Gasteiger partial charge in [0.05, 0.1) is 33.6 Å². The number of nitrogens with zero attached hydrogens (tertiary/aromatic N) is 3. The van der Waals surface area contributed by atoms with Crippen LogP contribution in [-0.4, -0.2) is 53.9 Å². The topological polar surface area (TPSA) is 109 Å². The molecule has 3 aromatic carbocycles. The molecule has 4 rings (SSSR count). The number of benzene rings is 3. The Hall–Kier alpha value is -4.38. The van der Waals surface area contributed by atoms with E-state index in [1.807, 2.05) is 50.2 Å². The first-order chi connectivity index (χ1) is 17.9. The molecule has 1 heterocycles. The zero-order chi connectivity index (χ0) is 26.5. The zero-order valence-corrected chi connectivity index (χ0v) is 21.9. The van der Waals surface area contributed by atoms with Crippen molar-refractivity contribution in [1.82, 2.24) is 20.3 Å². The molecule has 0 aliphatic heterocycles. The minimum absolute atomic E-state index is 0.125. The number of hydrogen-bond acceptors (Lipinski definition) is 8. The van der Waals surface area contributed by atoms with Gasteiger partial charge in [-0.15, -0.1) is 10.2 Å². The number of aryl methyl sites for hydroxylation is 1. The Bertz CT molecular complexity index is 1430. The molecule has 0 saturated carbocycles. The van der Waals surface area contributed by atoms with Gasteiger partial charge in [0.15, 0.2) is 16.6 Å². The number of carbonyl (C=O) groups excluding carboxylic acids is 1. The van der Waals surface area contributed by atoms with Crippen LogP contribution in [-0.2, 0) is 0 Å². The van der Waals surface area contributed by atoms with Crippen LogP contribution in [0.3, 0.4) is 0 Å². The maximum atomic E-state index is 12.9. The number of aromatic nitrogens is 3. The molecule has 37 heavy (non-hydrogen) atoms. The van der Waals surface area contributed by atoms with Crippen molar-refractivity contribution in [3.8, 4) is 28.7 Å². The van der Waals surface area contributed by atoms with Crippen LogP contribution in [0.4, 0.5) is 5.69 Å². The molecule has 0 unspecified atom stereocenters. The Labute approximate surface area is 219 Å². The molecule has 0 bridgehead atoms. The molecule has 10 nitrogen and oxygen atoms in total. The van der Waals surface area contributed by atoms with Gasteiger partial charge in [-0.05, 0) is 80.2 Å². The normalized spacial score (nSPS) is 10.6. The van der Waals surface area contributed by atoms with Crippen LogP contribution < -0.4 is 29.6 Å². The lowest BCUT2D eigenvalue weighted by atomic mass is 10.1. The highest BCUT2D eigenvalue weighted by Crippen LogP contribution is 2.38. The van der Waals surface area contributed by atoms with Gasteiger partial charge in [0, 0.05) is 11.3 Å². The van der Waals surface area contributed by atoms with Gasteiger partial charge in [0.1, 0.15) is 16.8 Å². The van der Waals surface area contributed by atoms with Crippen LogP contribution in [0, 0.1) is 6.92 Å². The number of amides is 1. The van der Waals surface area contributed by atoms with E-state index in [1.165, 1.54) is 21.3 Å². The van der Waals surface area contributed by atoms with E-state index in [-0.39, 0.29) is 5.11 Å². The molecule has 0 saturated heterocycles. The van der Waals surface area contributed by atoms with Gasteiger partial charge >= 0.3 is 0 Å². The van der Waals surface area contributed by atoms with Crippen molar-refractivity contribution in [2.24, 2.45) is 0 Å². The van der Waals surface area contributed by atoms with Crippen molar-refractivity contribution in [3.05, 3.63) is 59.7 Å². The van der Waals surface area contributed by atoms with Gasteiger partial charge < -0.3 is 24.3 Å². The molecular weight excluding hydrogens is 494 g/mol. The van der Waals surface area contributed by atoms with E-state index in [9.17, 15) is 4.79 Å². The maximum absolute atomic E-state index is 12.9. The fraction of sp³-hybridized carbons (Fsp3) is 0.231. The number of nitrogens with one attached hydrogen (secondary N) is 2. The van der Waals surface area contributed by atoms with Crippen LogP contribution in [0.1, 0.15) is 22.8 Å². The molecule has 0 aliphatic carbocycles. The number of anilines is 1. The van der Waals surface area contributed by atoms with E-state index < -0.39 is 5.91 Å². The molecule has 2 N–H and O–H groups in total. The van der Waals surface area contributed by atoms with E-state index in [1.54, 1.807) is 16.9 Å². The summed E-state index contributed by atoms with van der Waals surface area (Å²) in [6, 6.07) is 14.4. The van der Waals surface area contributed by atoms with E-state index in [0.717, 1.165) is 22.5 Å². The van der Waals surface area contributed by atoms with Crippen LogP contribution in [0.15, 0.2) is 48.5 Å². The molecule has 1 amide bonds. The third-order valence-corrected chi connectivity index (χ3v) is 5.71. The first-order valence-corrected chi connectivity index (χ1v) is 11.8. The van der Waals surface area contributed by atoms with Crippen molar-refractivity contribution >= 4 is 40.0 Å². The molecule has 0 spiro atoms. The quantitative estimate of drug-likeness (QED) is 0.328. The molecule has 0 fully saturated rings. The molecule has 11 heteroatoms. The highest BCUT2D eigenvalue weighted by Gasteiger charge is 2.18. The van der Waals surface area contributed by atoms with E-state index in [0.29, 0.717) is 40.6 Å². The Morgan fingerprint density at radius 2 is 1.57 bits per heavy atom. The van der Waals surface area contributed by atoms with Gasteiger partial charge in [0.25, 0.3) is 5.91 Å². The SMILES string of the molecule is CCOc1ccc(-n2nc3cc(C)c(NC(=S)NC(=O)c4cc(OC)c(OC)c(OC)c4)cc3n2)cc1. The average Bonchev–Trinajstić information content (AvgIpc) is 3.31. The van der Waals surface area contributed by atoms with Crippen molar-refractivity contribution < 1.29 is 23.7 Å². The van der Waals surface area contributed by atoms with Gasteiger partial charge in [0.2, 0.25) is 5.75 Å². The van der Waals surface area contributed by atoms with Crippen molar-refractivity contribution in [2.75, 3.05) is 33.3 Å². The third kappa shape index (κ3) is 5.56. The number of carbonyl (C=O) groups is 1. The second-order valence-corrected chi connectivity index (χ2v) is 8.30. The maximum Gasteiger partial charge on any atom is 0.257 e. The fourth-order valence-corrected chi connectivity index (χ4v) is 3.90. The Morgan fingerprint density at radius 1 is 0.946 bits per heavy atom. The number of rotatable bonds is 8. The molecule has 0 aliphatic rings. The van der Waals surface area contributed by atoms with Gasteiger partial charge in [-0.1, -0.05) is 0 Å². The summed E-state index contributed by atoms with van der Waals surface area (Å²) in [4.78, 5) is 14.4. The van der Waals surface area contributed by atoms with Crippen molar-refractivity contribution in [2.45, 2.75) is 13.8 Å². The van der Waals surface area contributed by atoms with Crippen LogP contribution in [0.25, 0.3) is 16.7 Å². The number of thiocarbonyl (C=S) groups is 1. The minimum Gasteiger partial charge on any atom is -0.494 e. The van der Waals surface area contributed by atoms with E-state index >= 15 is 0 Å². The number of ether oxygens (including phenoxy) is 4. The third-order valence-electron chi connectivity index (χ3n) is 5.51. The highest BCUT2D eigenvalue weighted by molar-refractivity contribution is 7.80. The van der Waals surface area contributed by atoms with Gasteiger partial charge in [-0.25, -0.2) is 0 Å². The summed E-state index contributed by atoms with van der Waals surface area (Å²) in [5.41, 5.74) is 4.08. The van der Waals surface area contributed by atoms with E-state index in [2.05, 4.69) is 20.8 Å². The zero-order valence-electron chi connectivity index (χ0n) is 21.1. The molecular formula is C26H27N5O5S. The summed E-state index contributed by atoms with van der Waals surface area (Å²) in [7, 11) is 4.46. The smallest absolute Gasteiger partial charge is 0.257 e. The lowest BCUT2D eigenvalue weighted by Crippen LogP contribution is -2.34. The first-order valence-electron chi connectivity index (χ1n) is 11.4. The standard InChI is InChI=1S/C26H27N5O5S/c1-6-36-18-9-7-17(8-10-18)31-29-20-11-15(2)19(14-21(20)30-31)27-26(37)28-25(32)16-12-22(33-3)24(35-5)23(13-16)34-4/h7-14H,6H2,1-5H3,(H2,27,28,32,37). The number of methoxy groups -OCH3 is 3. The Balaban J connectivity index is 1.51. The lowest BCUT2D eigenvalue weighted by Gasteiger charge is -2.15. The van der Waals surface area contributed by atoms with E-state index in [4.69, 9.17) is 31.2 Å². The average molecular weight is 522 g/mol. The first kappa shape index (κ1) is 25.7. The predicted octanol–water partition coefficient (Wildman–Crippen LogP) is 4.28. The second kappa shape index (κ2) is 11.1. The summed E-state index contributed by atoms with van der Waals surface area (Å²) in [6.45, 7) is 4.46. The minimum atomic E-state index is -0.433. The number of hydrogen-bond donors (Lipinski definition) is 2. The monoisotopic (exact) mass is 521 g/mol. The summed E-state index contributed by atoms with van der Waals surface area (Å²) in [6.07, 6.45) is 0.